The van der Waals surface area contributed by atoms with Crippen LogP contribution in [0.15, 0.2) is 36.5 Å². The van der Waals surface area contributed by atoms with Gasteiger partial charge in [0.15, 0.2) is 24.6 Å². The molecule has 12 nitrogen and oxygen atoms in total. The van der Waals surface area contributed by atoms with Crippen molar-refractivity contribution >= 4 is 23.9 Å². The number of aliphatic hydroxyl groups is 2. The summed E-state index contributed by atoms with van der Waals surface area (Å²) in [4.78, 5) is 50.8. The normalized spacial score (nSPS) is 19.1. The largest absolute Gasteiger partial charge is 0.479 e. The molecule has 3 N–H and O–H groups in total. The fourth-order valence-corrected chi connectivity index (χ4v) is 8.09. The molecular weight excluding hydrogens is 853 g/mol. The number of aliphatic hydroxyl groups excluding tert-OH is 2. The third-order valence-electron chi connectivity index (χ3n) is 12.2. The SMILES string of the molecule is CC/C=C\C/C=C\C/C=C\CCCCCCCC(=O)OC1C(OCC(COC(=O)CCCCCCCCCCCCC)OC(=O)CCCCCCCCCCCCC)OC(C(=O)O)C(O)C1O. The number of ether oxygens (including phenoxy) is 5. The second-order valence-electron chi connectivity index (χ2n) is 18.5. The molecular formula is C55H96O12. The summed E-state index contributed by atoms with van der Waals surface area (Å²) in [6.07, 6.45) is 37.0. The van der Waals surface area contributed by atoms with Crippen LogP contribution in [-0.4, -0.2) is 89.2 Å². The van der Waals surface area contributed by atoms with Crippen LogP contribution in [0.1, 0.15) is 239 Å². The number of aliphatic carboxylic acids is 1. The van der Waals surface area contributed by atoms with Gasteiger partial charge in [-0.15, -0.1) is 0 Å². The van der Waals surface area contributed by atoms with Gasteiger partial charge in [0.2, 0.25) is 0 Å². The van der Waals surface area contributed by atoms with Crippen LogP contribution < -0.4 is 0 Å². The van der Waals surface area contributed by atoms with E-state index in [9.17, 15) is 34.5 Å². The molecule has 1 saturated heterocycles. The molecule has 0 aromatic rings. The molecule has 0 aromatic carbocycles. The van der Waals surface area contributed by atoms with E-state index in [4.69, 9.17) is 23.7 Å². The first kappa shape index (κ1) is 62.0. The quantitative estimate of drug-likeness (QED) is 0.0228. The van der Waals surface area contributed by atoms with Crippen LogP contribution in [-0.2, 0) is 42.9 Å². The van der Waals surface area contributed by atoms with Gasteiger partial charge < -0.3 is 39.0 Å². The maximum Gasteiger partial charge on any atom is 0.335 e. The summed E-state index contributed by atoms with van der Waals surface area (Å²) in [5.41, 5.74) is 0. The van der Waals surface area contributed by atoms with Crippen LogP contribution in [0.4, 0.5) is 0 Å². The molecule has 1 heterocycles. The first-order chi connectivity index (χ1) is 32.6. The molecule has 388 valence electrons. The van der Waals surface area contributed by atoms with E-state index >= 15 is 0 Å². The first-order valence-electron chi connectivity index (χ1n) is 27.0. The molecule has 12 heteroatoms. The maximum atomic E-state index is 13.0. The van der Waals surface area contributed by atoms with Gasteiger partial charge in [-0.1, -0.05) is 205 Å². The van der Waals surface area contributed by atoms with Crippen LogP contribution in [0, 0.1) is 0 Å². The predicted molar refractivity (Wildman–Crippen MR) is 266 cm³/mol. The third-order valence-corrected chi connectivity index (χ3v) is 12.2. The van der Waals surface area contributed by atoms with Crippen molar-refractivity contribution in [3.63, 3.8) is 0 Å². The van der Waals surface area contributed by atoms with Crippen molar-refractivity contribution in [3.05, 3.63) is 36.5 Å². The van der Waals surface area contributed by atoms with Crippen LogP contribution in [0.2, 0.25) is 0 Å². The summed E-state index contributed by atoms with van der Waals surface area (Å²) in [6, 6.07) is 0. The monoisotopic (exact) mass is 949 g/mol. The van der Waals surface area contributed by atoms with Crippen LogP contribution in [0.5, 0.6) is 0 Å². The molecule has 1 aliphatic heterocycles. The molecule has 0 amide bonds. The molecule has 0 aromatic heterocycles. The predicted octanol–water partition coefficient (Wildman–Crippen LogP) is 12.9. The lowest BCUT2D eigenvalue weighted by molar-refractivity contribution is -0.301. The molecule has 0 aliphatic carbocycles. The Bertz CT molecular complexity index is 1310. The zero-order valence-corrected chi connectivity index (χ0v) is 42.4. The van der Waals surface area contributed by atoms with Crippen molar-refractivity contribution in [1.29, 1.82) is 0 Å². The van der Waals surface area contributed by atoms with E-state index in [1.165, 1.54) is 89.9 Å². The van der Waals surface area contributed by atoms with Gasteiger partial charge >= 0.3 is 23.9 Å². The molecule has 0 saturated carbocycles. The summed E-state index contributed by atoms with van der Waals surface area (Å²) >= 11 is 0. The van der Waals surface area contributed by atoms with Gasteiger partial charge in [0.25, 0.3) is 0 Å². The third kappa shape index (κ3) is 34.8. The summed E-state index contributed by atoms with van der Waals surface area (Å²) in [5.74, 6) is -3.12. The highest BCUT2D eigenvalue weighted by Gasteiger charge is 2.50. The number of hydrogen-bond donors (Lipinski definition) is 3. The Hall–Kier alpha value is -3.06. The minimum absolute atomic E-state index is 0.0441. The standard InChI is InChI=1S/C55H96O12/c1-4-7-10-13-16-19-22-23-24-25-28-31-34-37-40-43-49(58)66-53-51(60)50(59)52(54(61)62)67-55(53)64-45-46(65-48(57)42-39-36-33-30-27-21-18-15-12-9-6-3)44-63-47(56)41-38-35-32-29-26-20-17-14-11-8-5-2/h7,10,16,19,23-24,46,50-53,55,59-60H,4-6,8-9,11-15,17-18,20-22,25-45H2,1-3H3,(H,61,62)/b10-7-,19-16-,24-23-. The maximum absolute atomic E-state index is 13.0. The zero-order chi connectivity index (χ0) is 49.0. The number of allylic oxidation sites excluding steroid dienone is 6. The van der Waals surface area contributed by atoms with E-state index < -0.39 is 67.3 Å². The number of unbranched alkanes of at least 4 members (excludes halogenated alkanes) is 25. The van der Waals surface area contributed by atoms with Crippen molar-refractivity contribution in [2.24, 2.45) is 0 Å². The Morgan fingerprint density at radius 3 is 1.43 bits per heavy atom. The smallest absolute Gasteiger partial charge is 0.335 e. The van der Waals surface area contributed by atoms with Crippen LogP contribution in [0.25, 0.3) is 0 Å². The van der Waals surface area contributed by atoms with Crippen molar-refractivity contribution in [2.45, 2.75) is 276 Å². The van der Waals surface area contributed by atoms with E-state index in [0.717, 1.165) is 89.9 Å². The Morgan fingerprint density at radius 1 is 0.507 bits per heavy atom. The van der Waals surface area contributed by atoms with Gasteiger partial charge in [-0.25, -0.2) is 4.79 Å². The topological polar surface area (TPSA) is 175 Å². The van der Waals surface area contributed by atoms with E-state index in [0.29, 0.717) is 19.3 Å². The number of carbonyl (C=O) groups excluding carboxylic acids is 3. The summed E-state index contributed by atoms with van der Waals surface area (Å²) in [7, 11) is 0. The highest BCUT2D eigenvalue weighted by Crippen LogP contribution is 2.26. The number of rotatable bonds is 45. The molecule has 67 heavy (non-hydrogen) atoms. The van der Waals surface area contributed by atoms with Gasteiger partial charge in [0.1, 0.15) is 18.8 Å². The molecule has 1 aliphatic rings. The number of hydrogen-bond acceptors (Lipinski definition) is 11. The van der Waals surface area contributed by atoms with Crippen LogP contribution in [0.3, 0.4) is 0 Å². The molecule has 1 rings (SSSR count). The number of carboxylic acid groups (broad SMARTS) is 1. The first-order valence-corrected chi connectivity index (χ1v) is 27.0. The van der Waals surface area contributed by atoms with E-state index in [1.807, 2.05) is 0 Å². The van der Waals surface area contributed by atoms with Gasteiger partial charge in [-0.2, -0.15) is 0 Å². The second-order valence-corrected chi connectivity index (χ2v) is 18.5. The molecule has 6 atom stereocenters. The van der Waals surface area contributed by atoms with Gasteiger partial charge in [0, 0.05) is 19.3 Å². The lowest BCUT2D eigenvalue weighted by Crippen LogP contribution is -2.61. The molecule has 0 bridgehead atoms. The van der Waals surface area contributed by atoms with Gasteiger partial charge in [0.05, 0.1) is 6.61 Å². The van der Waals surface area contributed by atoms with Gasteiger partial charge in [-0.05, 0) is 51.4 Å². The fraction of sp³-hybridized carbons (Fsp3) is 0.818. The van der Waals surface area contributed by atoms with Crippen LogP contribution >= 0.6 is 0 Å². The molecule has 1 fully saturated rings. The number of carbonyl (C=O) groups is 4. The Kier molecular flexibility index (Phi) is 40.8. The van der Waals surface area contributed by atoms with E-state index in [2.05, 4.69) is 57.2 Å². The molecule has 0 spiro atoms. The summed E-state index contributed by atoms with van der Waals surface area (Å²) in [6.45, 7) is 5.85. The molecule has 0 radical (unpaired) electrons. The second kappa shape index (κ2) is 44.2. The molecule has 6 unspecified atom stereocenters. The average Bonchev–Trinajstić information content (AvgIpc) is 3.31. The average molecular weight is 949 g/mol. The highest BCUT2D eigenvalue weighted by atomic mass is 16.7. The van der Waals surface area contributed by atoms with Crippen molar-refractivity contribution in [3.8, 4) is 0 Å². The van der Waals surface area contributed by atoms with Crippen molar-refractivity contribution in [2.75, 3.05) is 13.2 Å². The van der Waals surface area contributed by atoms with Crippen molar-refractivity contribution < 1.29 is 58.2 Å². The van der Waals surface area contributed by atoms with E-state index in [1.54, 1.807) is 0 Å². The zero-order valence-electron chi connectivity index (χ0n) is 42.4. The lowest BCUT2D eigenvalue weighted by Gasteiger charge is -2.40. The Labute approximate surface area is 406 Å². The minimum atomic E-state index is -1.90. The van der Waals surface area contributed by atoms with Gasteiger partial charge in [-0.3, -0.25) is 14.4 Å². The Balaban J connectivity index is 2.72. The number of esters is 3. The summed E-state index contributed by atoms with van der Waals surface area (Å²) < 4.78 is 28.3. The fourth-order valence-electron chi connectivity index (χ4n) is 8.09. The number of carboxylic acids is 1. The Morgan fingerprint density at radius 2 is 0.940 bits per heavy atom. The lowest BCUT2D eigenvalue weighted by atomic mass is 9.98. The van der Waals surface area contributed by atoms with E-state index in [-0.39, 0.29) is 25.9 Å². The highest BCUT2D eigenvalue weighted by molar-refractivity contribution is 5.74. The minimum Gasteiger partial charge on any atom is -0.479 e. The van der Waals surface area contributed by atoms with Crippen molar-refractivity contribution in [1.82, 2.24) is 0 Å². The summed E-state index contributed by atoms with van der Waals surface area (Å²) in [5, 5.41) is 31.3.